The summed E-state index contributed by atoms with van der Waals surface area (Å²) < 4.78 is 0. The number of hydrogen-bond acceptors (Lipinski definition) is 3. The molecule has 4 saturated carbocycles. The highest BCUT2D eigenvalue weighted by atomic mass is 35.5. The minimum Gasteiger partial charge on any atom is -0.381 e. The number of benzene rings is 1. The minimum absolute atomic E-state index is 0.00139. The molecule has 0 radical (unpaired) electrons. The summed E-state index contributed by atoms with van der Waals surface area (Å²) in [5.41, 5.74) is 2.04. The summed E-state index contributed by atoms with van der Waals surface area (Å²) >= 11 is 6.32. The van der Waals surface area contributed by atoms with Crippen molar-refractivity contribution in [1.29, 1.82) is 0 Å². The molecule has 1 amide bonds. The molecule has 0 saturated heterocycles. The molecule has 4 bridgehead atoms. The van der Waals surface area contributed by atoms with Gasteiger partial charge in [-0.1, -0.05) is 17.7 Å². The molecule has 5 heteroatoms. The number of halogens is 1. The number of amides is 1. The van der Waals surface area contributed by atoms with Crippen molar-refractivity contribution in [3.8, 4) is 0 Å². The van der Waals surface area contributed by atoms with Crippen LogP contribution in [0.25, 0.3) is 0 Å². The molecule has 0 unspecified atom stereocenters. The number of rotatable bonds is 8. The lowest BCUT2D eigenvalue weighted by molar-refractivity contribution is -0.0503. The highest BCUT2D eigenvalue weighted by Crippen LogP contribution is 2.59. The fourth-order valence-corrected chi connectivity index (χ4v) is 6.47. The van der Waals surface area contributed by atoms with Gasteiger partial charge < -0.3 is 10.4 Å². The first-order chi connectivity index (χ1) is 13.1. The molecule has 0 atom stereocenters. The van der Waals surface area contributed by atoms with E-state index >= 15 is 0 Å². The summed E-state index contributed by atoms with van der Waals surface area (Å²) in [4.78, 5) is 12.8. The highest BCUT2D eigenvalue weighted by Gasteiger charge is 2.50. The molecule has 4 aliphatic carbocycles. The molecule has 0 spiro atoms. The van der Waals surface area contributed by atoms with Crippen LogP contribution >= 0.6 is 11.6 Å². The molecule has 0 aliphatic heterocycles. The van der Waals surface area contributed by atoms with Gasteiger partial charge in [0.1, 0.15) is 0 Å². The molecule has 0 aromatic heterocycles. The van der Waals surface area contributed by atoms with E-state index in [0.717, 1.165) is 49.2 Å². The summed E-state index contributed by atoms with van der Waals surface area (Å²) in [5.74, 6) is 2.65. The monoisotopic (exact) mass is 390 g/mol. The van der Waals surface area contributed by atoms with Crippen molar-refractivity contribution in [1.82, 2.24) is 10.6 Å². The maximum atomic E-state index is 12.8. The Hall–Kier alpha value is -1.10. The van der Waals surface area contributed by atoms with E-state index in [4.69, 9.17) is 16.7 Å². The van der Waals surface area contributed by atoms with Crippen molar-refractivity contribution in [2.75, 3.05) is 19.8 Å². The molecule has 0 heterocycles. The van der Waals surface area contributed by atoms with Crippen LogP contribution in [-0.2, 0) is 6.42 Å². The summed E-state index contributed by atoms with van der Waals surface area (Å²) in [6, 6.07) is 5.74. The lowest BCUT2D eigenvalue weighted by Crippen LogP contribution is -2.51. The predicted molar refractivity (Wildman–Crippen MR) is 108 cm³/mol. The van der Waals surface area contributed by atoms with Crippen molar-refractivity contribution < 1.29 is 9.90 Å². The zero-order valence-electron chi connectivity index (χ0n) is 16.0. The number of carbonyl (C=O) groups excluding carboxylic acids is 1. The second kappa shape index (κ2) is 8.10. The van der Waals surface area contributed by atoms with Gasteiger partial charge in [0.15, 0.2) is 0 Å². The van der Waals surface area contributed by atoms with E-state index in [1.807, 2.05) is 18.2 Å². The van der Waals surface area contributed by atoms with Gasteiger partial charge in [-0.05, 0) is 98.8 Å². The Labute approximate surface area is 167 Å². The molecule has 4 fully saturated rings. The van der Waals surface area contributed by atoms with Gasteiger partial charge in [0, 0.05) is 6.54 Å². The van der Waals surface area contributed by atoms with Crippen molar-refractivity contribution >= 4 is 17.5 Å². The first kappa shape index (κ1) is 19.2. The molecule has 5 rings (SSSR count). The molecule has 1 aromatic rings. The summed E-state index contributed by atoms with van der Waals surface area (Å²) in [6.07, 6.45) is 9.93. The van der Waals surface area contributed by atoms with E-state index < -0.39 is 0 Å². The molecule has 3 N–H and O–H groups in total. The SMILES string of the molecule is O=C(NCC12CC3CC(CC(C3)C1)C2)c1cc(CCCNCO)ccc1Cl. The number of aliphatic hydroxyl groups excluding tert-OH is 1. The Balaban J connectivity index is 1.37. The van der Waals surface area contributed by atoms with Crippen molar-refractivity contribution in [2.24, 2.45) is 23.2 Å². The maximum Gasteiger partial charge on any atom is 0.252 e. The number of aryl methyl sites for hydroxylation is 1. The molecular formula is C22H31ClN2O2. The van der Waals surface area contributed by atoms with E-state index in [1.54, 1.807) is 0 Å². The normalized spacial score (nSPS) is 31.3. The van der Waals surface area contributed by atoms with Gasteiger partial charge in [-0.15, -0.1) is 0 Å². The first-order valence-corrected chi connectivity index (χ1v) is 10.8. The van der Waals surface area contributed by atoms with Gasteiger partial charge in [0.25, 0.3) is 5.91 Å². The summed E-state index contributed by atoms with van der Waals surface area (Å²) in [7, 11) is 0. The summed E-state index contributed by atoms with van der Waals surface area (Å²) in [5, 5.41) is 15.4. The van der Waals surface area contributed by atoms with Gasteiger partial charge in [-0.3, -0.25) is 10.1 Å². The second-order valence-corrected chi connectivity index (χ2v) is 9.58. The zero-order valence-corrected chi connectivity index (χ0v) is 16.7. The predicted octanol–water partition coefficient (Wildman–Crippen LogP) is 3.76. The molecule has 148 valence electrons. The number of aliphatic hydroxyl groups is 1. The van der Waals surface area contributed by atoms with Crippen LogP contribution in [0.3, 0.4) is 0 Å². The Kier molecular flexibility index (Phi) is 5.77. The van der Waals surface area contributed by atoms with E-state index in [-0.39, 0.29) is 12.6 Å². The van der Waals surface area contributed by atoms with E-state index in [1.165, 1.54) is 38.5 Å². The third kappa shape index (κ3) is 4.33. The first-order valence-electron chi connectivity index (χ1n) is 10.5. The van der Waals surface area contributed by atoms with Gasteiger partial charge in [0.05, 0.1) is 17.3 Å². The average molecular weight is 391 g/mol. The van der Waals surface area contributed by atoms with Crippen molar-refractivity contribution in [2.45, 2.75) is 51.4 Å². The highest BCUT2D eigenvalue weighted by molar-refractivity contribution is 6.33. The largest absolute Gasteiger partial charge is 0.381 e. The fraction of sp³-hybridized carbons (Fsp3) is 0.682. The molecule has 4 nitrogen and oxygen atoms in total. The zero-order chi connectivity index (χ0) is 18.9. The van der Waals surface area contributed by atoms with Crippen LogP contribution in [0.15, 0.2) is 18.2 Å². The molecular weight excluding hydrogens is 360 g/mol. The standard InChI is InChI=1S/C22H31ClN2O2/c23-20-4-3-15(2-1-5-24-14-26)9-19(20)21(27)25-13-22-10-16-6-17(11-22)8-18(7-16)12-22/h3-4,9,16-18,24,26H,1-2,5-8,10-14H2,(H,25,27). The van der Waals surface area contributed by atoms with E-state index in [0.29, 0.717) is 16.0 Å². The second-order valence-electron chi connectivity index (χ2n) is 9.18. The van der Waals surface area contributed by atoms with E-state index in [9.17, 15) is 4.79 Å². The van der Waals surface area contributed by atoms with Gasteiger partial charge in [-0.2, -0.15) is 0 Å². The maximum absolute atomic E-state index is 12.8. The lowest BCUT2D eigenvalue weighted by atomic mass is 9.49. The van der Waals surface area contributed by atoms with Crippen LogP contribution in [0.1, 0.15) is 60.9 Å². The Morgan fingerprint density at radius 2 is 1.81 bits per heavy atom. The minimum atomic E-state index is -0.0360. The molecule has 1 aromatic carbocycles. The topological polar surface area (TPSA) is 61.4 Å². The van der Waals surface area contributed by atoms with Crippen LogP contribution in [0.4, 0.5) is 0 Å². The van der Waals surface area contributed by atoms with Crippen LogP contribution in [0, 0.1) is 23.2 Å². The third-order valence-electron chi connectivity index (χ3n) is 7.00. The van der Waals surface area contributed by atoms with Crippen LogP contribution in [-0.4, -0.2) is 30.8 Å². The molecule has 27 heavy (non-hydrogen) atoms. The number of carbonyl (C=O) groups is 1. The Bertz CT molecular complexity index is 656. The lowest BCUT2D eigenvalue weighted by Gasteiger charge is -2.56. The Morgan fingerprint density at radius 1 is 1.15 bits per heavy atom. The van der Waals surface area contributed by atoms with Crippen LogP contribution < -0.4 is 10.6 Å². The van der Waals surface area contributed by atoms with Crippen molar-refractivity contribution in [3.05, 3.63) is 34.3 Å². The summed E-state index contributed by atoms with van der Waals surface area (Å²) in [6.45, 7) is 1.56. The Morgan fingerprint density at radius 3 is 2.44 bits per heavy atom. The smallest absolute Gasteiger partial charge is 0.252 e. The van der Waals surface area contributed by atoms with Gasteiger partial charge in [-0.25, -0.2) is 0 Å². The van der Waals surface area contributed by atoms with Crippen molar-refractivity contribution in [3.63, 3.8) is 0 Å². The third-order valence-corrected chi connectivity index (χ3v) is 7.32. The quantitative estimate of drug-likeness (QED) is 0.468. The fourth-order valence-electron chi connectivity index (χ4n) is 6.27. The van der Waals surface area contributed by atoms with Crippen LogP contribution in [0.2, 0.25) is 5.02 Å². The van der Waals surface area contributed by atoms with Crippen LogP contribution in [0.5, 0.6) is 0 Å². The number of hydrogen-bond donors (Lipinski definition) is 3. The average Bonchev–Trinajstić information content (AvgIpc) is 2.63. The van der Waals surface area contributed by atoms with Gasteiger partial charge >= 0.3 is 0 Å². The number of nitrogens with one attached hydrogen (secondary N) is 2. The van der Waals surface area contributed by atoms with E-state index in [2.05, 4.69) is 10.6 Å². The van der Waals surface area contributed by atoms with Gasteiger partial charge in [0.2, 0.25) is 0 Å². The molecule has 4 aliphatic rings.